The molecular formula is C37H49N5O11S. The van der Waals surface area contributed by atoms with Crippen LogP contribution in [0.4, 0.5) is 4.79 Å². The first-order valence-electron chi connectivity index (χ1n) is 17.8. The molecular weight excluding hydrogens is 722 g/mol. The van der Waals surface area contributed by atoms with Gasteiger partial charge in [0.1, 0.15) is 40.7 Å². The predicted molar refractivity (Wildman–Crippen MR) is 196 cm³/mol. The van der Waals surface area contributed by atoms with Crippen LogP contribution < -0.4 is 24.8 Å². The van der Waals surface area contributed by atoms with E-state index in [-0.39, 0.29) is 25.3 Å². The van der Waals surface area contributed by atoms with Crippen molar-refractivity contribution in [2.45, 2.75) is 114 Å². The normalized spacial score (nSPS) is 23.1. The molecule has 5 rings (SSSR count). The maximum Gasteiger partial charge on any atom is 0.408 e. The minimum atomic E-state index is -3.95. The topological polar surface area (TPSA) is 209 Å². The second-order valence-electron chi connectivity index (χ2n) is 15.9. The number of carbonyl (C=O) groups is 5. The number of fused-ring (bicyclic) bond motifs is 1. The SMILES string of the molecule is C=C[C@@H]1C[C@]1(NC(=O)[C@@H]1C[C@@H](Oc2nccc3cc(OC)ccc23)CN1C(=O)[C@H](CC(=O)OC(C)(C)C)NC(=O)OC(C)(C)C)C(=O)NS(=O)(=O)C1CC1. The van der Waals surface area contributed by atoms with Gasteiger partial charge in [0.05, 0.1) is 25.3 Å². The van der Waals surface area contributed by atoms with Gasteiger partial charge in [-0.05, 0) is 90.5 Å². The van der Waals surface area contributed by atoms with Gasteiger partial charge in [-0.2, -0.15) is 0 Å². The molecule has 2 aromatic rings. The highest BCUT2D eigenvalue weighted by molar-refractivity contribution is 7.91. The molecule has 5 atom stereocenters. The summed E-state index contributed by atoms with van der Waals surface area (Å²) in [5, 5.41) is 5.90. The van der Waals surface area contributed by atoms with Gasteiger partial charge in [0.15, 0.2) is 0 Å². The van der Waals surface area contributed by atoms with Crippen LogP contribution >= 0.6 is 0 Å². The number of nitrogens with one attached hydrogen (secondary N) is 3. The van der Waals surface area contributed by atoms with E-state index in [1.54, 1.807) is 79.1 Å². The van der Waals surface area contributed by atoms with Crippen LogP contribution in [0.1, 0.15) is 73.6 Å². The molecule has 2 heterocycles. The fourth-order valence-corrected chi connectivity index (χ4v) is 7.66. The number of alkyl carbamates (subject to hydrolysis) is 1. The molecule has 3 aliphatic rings. The van der Waals surface area contributed by atoms with Gasteiger partial charge in [-0.25, -0.2) is 18.2 Å². The molecule has 2 aliphatic carbocycles. The molecule has 3 N–H and O–H groups in total. The van der Waals surface area contributed by atoms with Crippen LogP contribution in [0.2, 0.25) is 0 Å². The van der Waals surface area contributed by atoms with Gasteiger partial charge in [0.25, 0.3) is 5.91 Å². The number of pyridine rings is 1. The third-order valence-electron chi connectivity index (χ3n) is 9.09. The molecule has 0 bridgehead atoms. The van der Waals surface area contributed by atoms with Crippen LogP contribution in [0.3, 0.4) is 0 Å². The van der Waals surface area contributed by atoms with Crippen molar-refractivity contribution in [2.75, 3.05) is 13.7 Å². The molecule has 16 nitrogen and oxygen atoms in total. The van der Waals surface area contributed by atoms with Crippen LogP contribution in [-0.4, -0.2) is 102 Å². The van der Waals surface area contributed by atoms with E-state index in [0.29, 0.717) is 24.0 Å². The summed E-state index contributed by atoms with van der Waals surface area (Å²) in [6.45, 7) is 13.4. The molecule has 1 aromatic heterocycles. The van der Waals surface area contributed by atoms with Crippen molar-refractivity contribution in [3.05, 3.63) is 43.1 Å². The number of benzene rings is 1. The van der Waals surface area contributed by atoms with Gasteiger partial charge in [-0.15, -0.1) is 6.58 Å². The van der Waals surface area contributed by atoms with Crippen LogP contribution in [0.5, 0.6) is 11.6 Å². The first-order valence-corrected chi connectivity index (χ1v) is 19.3. The number of carbonyl (C=O) groups excluding carboxylic acids is 5. The zero-order chi connectivity index (χ0) is 39.8. The molecule has 294 valence electrons. The molecule has 54 heavy (non-hydrogen) atoms. The van der Waals surface area contributed by atoms with E-state index in [9.17, 15) is 32.4 Å². The number of rotatable bonds is 13. The van der Waals surface area contributed by atoms with Crippen molar-refractivity contribution in [2.24, 2.45) is 5.92 Å². The van der Waals surface area contributed by atoms with E-state index in [0.717, 1.165) is 5.39 Å². The van der Waals surface area contributed by atoms with Crippen molar-refractivity contribution in [1.82, 2.24) is 25.2 Å². The van der Waals surface area contributed by atoms with Crippen LogP contribution in [0.15, 0.2) is 43.1 Å². The maximum absolute atomic E-state index is 14.5. The highest BCUT2D eigenvalue weighted by atomic mass is 32.2. The minimum Gasteiger partial charge on any atom is -0.497 e. The Bertz CT molecular complexity index is 1910. The Hall–Kier alpha value is -4.93. The Morgan fingerprint density at radius 3 is 2.33 bits per heavy atom. The fraction of sp³-hybridized carbons (Fsp3) is 0.568. The number of hydrogen-bond donors (Lipinski definition) is 3. The quantitative estimate of drug-likeness (QED) is 0.199. The van der Waals surface area contributed by atoms with Crippen molar-refractivity contribution >= 4 is 50.6 Å². The first kappa shape index (κ1) is 40.3. The summed E-state index contributed by atoms with van der Waals surface area (Å²) in [6.07, 6.45) is 1.44. The summed E-state index contributed by atoms with van der Waals surface area (Å²) in [5.41, 5.74) is -3.48. The zero-order valence-electron chi connectivity index (χ0n) is 31.6. The smallest absolute Gasteiger partial charge is 0.408 e. The third kappa shape index (κ3) is 9.59. The Labute approximate surface area is 314 Å². The Balaban J connectivity index is 1.46. The van der Waals surface area contributed by atoms with Gasteiger partial charge in [-0.1, -0.05) is 6.08 Å². The molecule has 0 spiro atoms. The first-order chi connectivity index (χ1) is 25.1. The summed E-state index contributed by atoms with van der Waals surface area (Å²) in [4.78, 5) is 73.8. The molecule has 1 aliphatic heterocycles. The average Bonchev–Trinajstić information content (AvgIpc) is 3.99. The monoisotopic (exact) mass is 771 g/mol. The highest BCUT2D eigenvalue weighted by Gasteiger charge is 2.62. The number of sulfonamides is 1. The summed E-state index contributed by atoms with van der Waals surface area (Å²) < 4.78 is 50.0. The molecule has 2 saturated carbocycles. The Kier molecular flexibility index (Phi) is 11.2. The van der Waals surface area contributed by atoms with E-state index in [1.165, 1.54) is 11.0 Å². The Morgan fingerprint density at radius 1 is 1.06 bits per heavy atom. The number of amides is 4. The second-order valence-corrected chi connectivity index (χ2v) is 17.8. The number of methoxy groups -OCH3 is 1. The lowest BCUT2D eigenvalue weighted by molar-refractivity contribution is -0.157. The summed E-state index contributed by atoms with van der Waals surface area (Å²) in [5.74, 6) is -3.04. The zero-order valence-corrected chi connectivity index (χ0v) is 32.4. The third-order valence-corrected chi connectivity index (χ3v) is 10.9. The number of nitrogens with zero attached hydrogens (tertiary/aromatic N) is 2. The lowest BCUT2D eigenvalue weighted by Crippen LogP contribution is -2.58. The Morgan fingerprint density at radius 2 is 1.74 bits per heavy atom. The summed E-state index contributed by atoms with van der Waals surface area (Å²) in [7, 11) is -2.40. The number of hydrogen-bond acceptors (Lipinski definition) is 12. The molecule has 17 heteroatoms. The molecule has 4 amide bonds. The van der Waals surface area contributed by atoms with Gasteiger partial charge in [0.2, 0.25) is 27.7 Å². The van der Waals surface area contributed by atoms with E-state index >= 15 is 0 Å². The number of aromatic nitrogens is 1. The molecule has 3 fully saturated rings. The van der Waals surface area contributed by atoms with Gasteiger partial charge in [0, 0.05) is 23.9 Å². The molecule has 1 saturated heterocycles. The van der Waals surface area contributed by atoms with Gasteiger partial charge < -0.3 is 34.5 Å². The van der Waals surface area contributed by atoms with E-state index in [4.69, 9.17) is 18.9 Å². The molecule has 0 unspecified atom stereocenters. The fourth-order valence-electron chi connectivity index (χ4n) is 6.30. The summed E-state index contributed by atoms with van der Waals surface area (Å²) in [6, 6.07) is 4.24. The number of likely N-dealkylation sites (tertiary alicyclic amines) is 1. The van der Waals surface area contributed by atoms with Crippen molar-refractivity contribution in [1.29, 1.82) is 0 Å². The van der Waals surface area contributed by atoms with E-state index in [1.807, 2.05) is 0 Å². The van der Waals surface area contributed by atoms with Crippen LogP contribution in [0, 0.1) is 5.92 Å². The van der Waals surface area contributed by atoms with Crippen LogP contribution in [0.25, 0.3) is 10.8 Å². The summed E-state index contributed by atoms with van der Waals surface area (Å²) >= 11 is 0. The van der Waals surface area contributed by atoms with Gasteiger partial charge in [-0.3, -0.25) is 23.9 Å². The molecule has 1 aromatic carbocycles. The maximum atomic E-state index is 14.5. The lowest BCUT2D eigenvalue weighted by Gasteiger charge is -2.30. The van der Waals surface area contributed by atoms with E-state index < -0.39 is 92.3 Å². The second kappa shape index (κ2) is 15.1. The number of esters is 1. The average molecular weight is 772 g/mol. The van der Waals surface area contributed by atoms with Gasteiger partial charge >= 0.3 is 12.1 Å². The van der Waals surface area contributed by atoms with E-state index in [2.05, 4.69) is 26.9 Å². The predicted octanol–water partition coefficient (Wildman–Crippen LogP) is 2.89. The lowest BCUT2D eigenvalue weighted by atomic mass is 10.1. The van der Waals surface area contributed by atoms with Crippen molar-refractivity contribution in [3.8, 4) is 11.6 Å². The minimum absolute atomic E-state index is 0.0830. The standard InChI is InChI=1S/C37H49N5O11S/c1-9-22-19-37(22,33(46)41-54(48,49)25-11-12-25)40-30(44)28-17-24(51-31-26-13-10-23(50-8)16-21(26)14-15-38-31)20-42(28)32(45)27(18-29(43)52-35(2,3)4)39-34(47)53-36(5,6)7/h9-10,13-16,22,24-25,27-28H,1,11-12,17-20H2,2-8H3,(H,39,47)(H,40,44)(H,41,46)/t22-,24-,27+,28+,37-/m1/s1. The number of ether oxygens (including phenoxy) is 4. The highest BCUT2D eigenvalue weighted by Crippen LogP contribution is 2.45. The van der Waals surface area contributed by atoms with Crippen LogP contribution in [-0.2, 0) is 38.7 Å². The van der Waals surface area contributed by atoms with Crippen molar-refractivity contribution < 1.29 is 51.3 Å². The van der Waals surface area contributed by atoms with Crippen molar-refractivity contribution in [3.63, 3.8) is 0 Å². The molecule has 0 radical (unpaired) electrons. The largest absolute Gasteiger partial charge is 0.497 e.